The summed E-state index contributed by atoms with van der Waals surface area (Å²) in [5.41, 5.74) is -0.817. The maximum absolute atomic E-state index is 10.0. The van der Waals surface area contributed by atoms with E-state index in [0.29, 0.717) is 0 Å². The number of hydrogen-bond donors (Lipinski definition) is 2. The van der Waals surface area contributed by atoms with Crippen LogP contribution in [0.25, 0.3) is 0 Å². The molecule has 2 N–H and O–H groups in total. The number of aliphatic hydroxyl groups excluding tert-OH is 1. The maximum atomic E-state index is 10.0. The van der Waals surface area contributed by atoms with E-state index in [0.717, 1.165) is 0 Å². The molecule has 5 heteroatoms. The van der Waals surface area contributed by atoms with Crippen molar-refractivity contribution in [1.29, 1.82) is 0 Å². The standard InChI is InChI=1S/C5H7NO4/c1-2-3(7)4(6-10)5(8)9/h7H,2H2,1H3,(H,8,9). The molecule has 0 aromatic rings. The Kier molecular flexibility index (Phi) is 3.10. The Morgan fingerprint density at radius 3 is 2.10 bits per heavy atom. The van der Waals surface area contributed by atoms with E-state index in [2.05, 4.69) is 5.18 Å². The van der Waals surface area contributed by atoms with Gasteiger partial charge >= 0.3 is 5.97 Å². The van der Waals surface area contributed by atoms with Crippen LogP contribution < -0.4 is 0 Å². The minimum atomic E-state index is -1.51. The van der Waals surface area contributed by atoms with Gasteiger partial charge in [-0.2, -0.15) is 0 Å². The van der Waals surface area contributed by atoms with Crippen molar-refractivity contribution in [3.8, 4) is 0 Å². The summed E-state index contributed by atoms with van der Waals surface area (Å²) in [5.74, 6) is -2.00. The number of allylic oxidation sites excluding steroid dienone is 1. The highest BCUT2D eigenvalue weighted by atomic mass is 16.4. The molecule has 0 aromatic heterocycles. The second-order valence-corrected chi connectivity index (χ2v) is 1.55. The van der Waals surface area contributed by atoms with Crippen LogP contribution in [-0.2, 0) is 4.79 Å². The molecule has 0 bridgehead atoms. The van der Waals surface area contributed by atoms with Gasteiger partial charge in [-0.15, -0.1) is 4.91 Å². The Morgan fingerprint density at radius 2 is 2.00 bits per heavy atom. The van der Waals surface area contributed by atoms with Crippen LogP contribution in [0, 0.1) is 4.91 Å². The minimum Gasteiger partial charge on any atom is -0.510 e. The summed E-state index contributed by atoms with van der Waals surface area (Å²) in [6.45, 7) is 1.52. The van der Waals surface area contributed by atoms with Crippen molar-refractivity contribution in [3.05, 3.63) is 16.4 Å². The molecule has 0 aliphatic heterocycles. The first-order valence-corrected chi connectivity index (χ1v) is 2.62. The first kappa shape index (κ1) is 8.61. The van der Waals surface area contributed by atoms with Gasteiger partial charge in [0, 0.05) is 6.42 Å². The molecule has 0 aliphatic carbocycles. The van der Waals surface area contributed by atoms with Gasteiger partial charge in [0.15, 0.2) is 0 Å². The van der Waals surface area contributed by atoms with E-state index in [-0.39, 0.29) is 6.42 Å². The molecule has 0 radical (unpaired) electrons. The van der Waals surface area contributed by atoms with Gasteiger partial charge < -0.3 is 10.2 Å². The fraction of sp³-hybridized carbons (Fsp3) is 0.400. The maximum Gasteiger partial charge on any atom is 0.361 e. The van der Waals surface area contributed by atoms with Crippen molar-refractivity contribution in [3.63, 3.8) is 0 Å². The highest BCUT2D eigenvalue weighted by molar-refractivity contribution is 5.86. The van der Waals surface area contributed by atoms with E-state index in [1.54, 1.807) is 0 Å². The molecule has 0 heterocycles. The molecule has 0 saturated heterocycles. The number of nitroso groups, excluding NO2 is 1. The van der Waals surface area contributed by atoms with Crippen LogP contribution in [0.5, 0.6) is 0 Å². The summed E-state index contributed by atoms with van der Waals surface area (Å²) in [6.07, 6.45) is 0.0906. The fourth-order valence-corrected chi connectivity index (χ4v) is 0.383. The van der Waals surface area contributed by atoms with Crippen LogP contribution in [0.15, 0.2) is 16.6 Å². The zero-order chi connectivity index (χ0) is 8.15. The van der Waals surface area contributed by atoms with Gasteiger partial charge in [-0.05, 0) is 5.18 Å². The number of rotatable bonds is 3. The molecule has 0 rings (SSSR count). The lowest BCUT2D eigenvalue weighted by Crippen LogP contribution is -2.01. The van der Waals surface area contributed by atoms with Gasteiger partial charge in [-0.3, -0.25) is 0 Å². The number of carbonyl (C=O) groups is 1. The van der Waals surface area contributed by atoms with Crippen molar-refractivity contribution in [2.45, 2.75) is 13.3 Å². The monoisotopic (exact) mass is 145 g/mol. The number of aliphatic carboxylic acids is 1. The highest BCUT2D eigenvalue weighted by Crippen LogP contribution is 2.05. The number of carboxylic acid groups (broad SMARTS) is 1. The summed E-state index contributed by atoms with van der Waals surface area (Å²) >= 11 is 0. The van der Waals surface area contributed by atoms with Crippen LogP contribution in [0.1, 0.15) is 13.3 Å². The Balaban J connectivity index is 4.62. The van der Waals surface area contributed by atoms with Crippen molar-refractivity contribution in [2.24, 2.45) is 5.18 Å². The average Bonchev–Trinajstić information content (AvgIpc) is 1.88. The molecule has 0 spiro atoms. The summed E-state index contributed by atoms with van der Waals surface area (Å²) < 4.78 is 0. The number of nitrogens with zero attached hydrogens (tertiary/aromatic N) is 1. The SMILES string of the molecule is CCC(O)=C(N=O)C(=O)O. The summed E-state index contributed by atoms with van der Waals surface area (Å²) in [4.78, 5) is 19.7. The van der Waals surface area contributed by atoms with Crippen molar-refractivity contribution in [1.82, 2.24) is 0 Å². The molecule has 56 valence electrons. The zero-order valence-corrected chi connectivity index (χ0v) is 5.37. The third-order valence-corrected chi connectivity index (χ3v) is 0.902. The molecular weight excluding hydrogens is 138 g/mol. The van der Waals surface area contributed by atoms with E-state index in [1.165, 1.54) is 6.92 Å². The lowest BCUT2D eigenvalue weighted by Gasteiger charge is -1.93. The number of aliphatic hydroxyl groups is 1. The molecule has 10 heavy (non-hydrogen) atoms. The lowest BCUT2D eigenvalue weighted by molar-refractivity contribution is -0.132. The second kappa shape index (κ2) is 3.60. The van der Waals surface area contributed by atoms with E-state index in [9.17, 15) is 9.70 Å². The van der Waals surface area contributed by atoms with Gasteiger partial charge in [0.2, 0.25) is 5.70 Å². The molecule has 0 aromatic carbocycles. The first-order valence-electron chi connectivity index (χ1n) is 2.62. The number of carboxylic acids is 1. The Hall–Kier alpha value is -1.39. The van der Waals surface area contributed by atoms with E-state index in [1.807, 2.05) is 0 Å². The second-order valence-electron chi connectivity index (χ2n) is 1.55. The van der Waals surface area contributed by atoms with Crippen LogP contribution >= 0.6 is 0 Å². The Morgan fingerprint density at radius 1 is 1.50 bits per heavy atom. The molecule has 0 saturated carbocycles. The topological polar surface area (TPSA) is 87.0 Å². The molecular formula is C5H7NO4. The van der Waals surface area contributed by atoms with E-state index >= 15 is 0 Å². The third-order valence-electron chi connectivity index (χ3n) is 0.902. The van der Waals surface area contributed by atoms with Gasteiger partial charge in [0.05, 0.1) is 0 Å². The largest absolute Gasteiger partial charge is 0.510 e. The van der Waals surface area contributed by atoms with Gasteiger partial charge in [-0.25, -0.2) is 4.79 Å². The van der Waals surface area contributed by atoms with Crippen LogP contribution in [-0.4, -0.2) is 16.2 Å². The normalized spacial score (nSPS) is 12.1. The molecule has 0 fully saturated rings. The molecule has 0 amide bonds. The first-order chi connectivity index (χ1) is 4.63. The Bertz CT molecular complexity index is 184. The van der Waals surface area contributed by atoms with Gasteiger partial charge in [-0.1, -0.05) is 6.92 Å². The molecule has 0 atom stereocenters. The smallest absolute Gasteiger partial charge is 0.361 e. The highest BCUT2D eigenvalue weighted by Gasteiger charge is 2.12. The van der Waals surface area contributed by atoms with E-state index < -0.39 is 17.4 Å². The Labute approximate surface area is 57.0 Å². The van der Waals surface area contributed by atoms with Crippen molar-refractivity contribution >= 4 is 5.97 Å². The minimum absolute atomic E-state index is 0.0906. The molecule has 0 aliphatic rings. The molecule has 0 unspecified atom stereocenters. The van der Waals surface area contributed by atoms with Crippen LogP contribution in [0.3, 0.4) is 0 Å². The van der Waals surface area contributed by atoms with Crippen LogP contribution in [0.2, 0.25) is 0 Å². The lowest BCUT2D eigenvalue weighted by atomic mass is 10.3. The average molecular weight is 145 g/mol. The summed E-state index contributed by atoms with van der Waals surface area (Å²) in [5, 5.41) is 19.0. The van der Waals surface area contributed by atoms with Gasteiger partial charge in [0.1, 0.15) is 5.76 Å². The van der Waals surface area contributed by atoms with Gasteiger partial charge in [0.25, 0.3) is 0 Å². The van der Waals surface area contributed by atoms with Crippen LogP contribution in [0.4, 0.5) is 0 Å². The van der Waals surface area contributed by atoms with Crippen molar-refractivity contribution in [2.75, 3.05) is 0 Å². The zero-order valence-electron chi connectivity index (χ0n) is 5.37. The summed E-state index contributed by atoms with van der Waals surface area (Å²) in [6, 6.07) is 0. The quantitative estimate of drug-likeness (QED) is 0.352. The predicted molar refractivity (Wildman–Crippen MR) is 33.4 cm³/mol. The van der Waals surface area contributed by atoms with E-state index in [4.69, 9.17) is 10.2 Å². The molecule has 5 nitrogen and oxygen atoms in total. The van der Waals surface area contributed by atoms with Crippen molar-refractivity contribution < 1.29 is 15.0 Å². The predicted octanol–water partition coefficient (Wildman–Crippen LogP) is 1.02. The fourth-order valence-electron chi connectivity index (χ4n) is 0.383. The summed E-state index contributed by atoms with van der Waals surface area (Å²) in [7, 11) is 0. The number of hydrogen-bond acceptors (Lipinski definition) is 4. The third kappa shape index (κ3) is 1.85.